The summed E-state index contributed by atoms with van der Waals surface area (Å²) in [6, 6.07) is 15.0. The van der Waals surface area contributed by atoms with Crippen LogP contribution >= 0.6 is 0 Å². The highest BCUT2D eigenvalue weighted by molar-refractivity contribution is 5.76. The molecule has 0 fully saturated rings. The van der Waals surface area contributed by atoms with Gasteiger partial charge in [-0.3, -0.25) is 4.79 Å². The molecule has 0 aliphatic carbocycles. The molecule has 4 nitrogen and oxygen atoms in total. The van der Waals surface area contributed by atoms with Crippen molar-refractivity contribution in [3.05, 3.63) is 65.8 Å². The summed E-state index contributed by atoms with van der Waals surface area (Å²) in [5.74, 6) is -0.218. The summed E-state index contributed by atoms with van der Waals surface area (Å²) in [6.07, 6.45) is 3.43. The van der Waals surface area contributed by atoms with E-state index in [0.29, 0.717) is 6.42 Å². The van der Waals surface area contributed by atoms with Crippen molar-refractivity contribution in [2.45, 2.75) is 19.3 Å². The molecule has 1 aromatic carbocycles. The van der Waals surface area contributed by atoms with Crippen molar-refractivity contribution in [3.63, 3.8) is 0 Å². The molecule has 2 rings (SSSR count). The Hall–Kier alpha value is -2.36. The molecule has 4 heteroatoms. The van der Waals surface area contributed by atoms with Crippen LogP contribution in [0.25, 0.3) is 0 Å². The fraction of sp³-hybridized carbons (Fsp3) is 0.200. The van der Waals surface area contributed by atoms with E-state index in [2.05, 4.69) is 4.99 Å². The number of carbonyl (C=O) groups excluding carboxylic acids is 1. The van der Waals surface area contributed by atoms with Crippen molar-refractivity contribution >= 4 is 5.91 Å². The molecule has 0 radical (unpaired) electrons. The third-order valence-electron chi connectivity index (χ3n) is 2.76. The first-order valence-corrected chi connectivity index (χ1v) is 6.24. The molecule has 19 heavy (non-hydrogen) atoms. The minimum absolute atomic E-state index is 0.218. The van der Waals surface area contributed by atoms with Gasteiger partial charge in [-0.25, -0.2) is 0 Å². The standard InChI is InChI=1S/C15H16N2O2/c18-15(16-14-10-4-5-12-17(14)19)11-6-9-13-7-2-1-3-8-13/h1-5,7-8,10,12,19H,6,9,11H2. The van der Waals surface area contributed by atoms with Gasteiger partial charge in [-0.2, -0.15) is 9.72 Å². The van der Waals surface area contributed by atoms with Gasteiger partial charge in [-0.15, -0.1) is 0 Å². The first-order valence-electron chi connectivity index (χ1n) is 6.24. The van der Waals surface area contributed by atoms with E-state index in [9.17, 15) is 10.0 Å². The van der Waals surface area contributed by atoms with Gasteiger partial charge in [0.2, 0.25) is 5.91 Å². The zero-order valence-corrected chi connectivity index (χ0v) is 10.6. The molecule has 1 amide bonds. The van der Waals surface area contributed by atoms with E-state index < -0.39 is 0 Å². The molecular formula is C15H16N2O2. The lowest BCUT2D eigenvalue weighted by Gasteiger charge is -1.99. The third kappa shape index (κ3) is 4.10. The predicted octanol–water partition coefficient (Wildman–Crippen LogP) is 2.18. The van der Waals surface area contributed by atoms with Gasteiger partial charge in [0.05, 0.1) is 0 Å². The monoisotopic (exact) mass is 256 g/mol. The summed E-state index contributed by atoms with van der Waals surface area (Å²) >= 11 is 0. The lowest BCUT2D eigenvalue weighted by atomic mass is 10.1. The largest absolute Gasteiger partial charge is 0.427 e. The second-order valence-corrected chi connectivity index (χ2v) is 4.25. The van der Waals surface area contributed by atoms with E-state index >= 15 is 0 Å². The summed E-state index contributed by atoms with van der Waals surface area (Å²) in [7, 11) is 0. The Balaban J connectivity index is 1.89. The predicted molar refractivity (Wildman–Crippen MR) is 71.6 cm³/mol. The minimum Gasteiger partial charge on any atom is -0.427 e. The summed E-state index contributed by atoms with van der Waals surface area (Å²) in [4.78, 5) is 15.5. The maximum Gasteiger partial charge on any atom is 0.247 e. The molecule has 1 heterocycles. The molecular weight excluding hydrogens is 240 g/mol. The van der Waals surface area contributed by atoms with Crippen LogP contribution in [0.15, 0.2) is 59.7 Å². The molecule has 0 spiro atoms. The molecule has 0 atom stereocenters. The minimum atomic E-state index is -0.218. The lowest BCUT2D eigenvalue weighted by Crippen LogP contribution is -2.19. The normalized spacial score (nSPS) is 11.5. The van der Waals surface area contributed by atoms with Gasteiger partial charge >= 0.3 is 0 Å². The van der Waals surface area contributed by atoms with Gasteiger partial charge < -0.3 is 5.21 Å². The number of benzene rings is 1. The van der Waals surface area contributed by atoms with E-state index in [1.165, 1.54) is 11.8 Å². The highest BCUT2D eigenvalue weighted by Gasteiger charge is 2.00. The number of aromatic nitrogens is 1. The smallest absolute Gasteiger partial charge is 0.247 e. The fourth-order valence-electron chi connectivity index (χ4n) is 1.79. The van der Waals surface area contributed by atoms with Crippen LogP contribution in [0.1, 0.15) is 18.4 Å². The van der Waals surface area contributed by atoms with E-state index in [0.717, 1.165) is 17.6 Å². The molecule has 0 saturated carbocycles. The van der Waals surface area contributed by atoms with Crippen LogP contribution in [-0.4, -0.2) is 15.8 Å². The van der Waals surface area contributed by atoms with E-state index in [4.69, 9.17) is 0 Å². The van der Waals surface area contributed by atoms with Crippen molar-refractivity contribution in [1.29, 1.82) is 0 Å². The molecule has 1 N–H and O–H groups in total. The van der Waals surface area contributed by atoms with Gasteiger partial charge in [0.15, 0.2) is 5.49 Å². The Kier molecular flexibility index (Phi) is 4.50. The highest BCUT2D eigenvalue weighted by atomic mass is 16.5. The van der Waals surface area contributed by atoms with Crippen molar-refractivity contribution in [2.24, 2.45) is 4.99 Å². The fourth-order valence-corrected chi connectivity index (χ4v) is 1.79. The second kappa shape index (κ2) is 6.54. The quantitative estimate of drug-likeness (QED) is 0.852. The Bertz CT molecular complexity index is 603. The lowest BCUT2D eigenvalue weighted by molar-refractivity contribution is -0.118. The maximum atomic E-state index is 11.7. The molecule has 0 aliphatic rings. The highest BCUT2D eigenvalue weighted by Crippen LogP contribution is 2.04. The second-order valence-electron chi connectivity index (χ2n) is 4.25. The third-order valence-corrected chi connectivity index (χ3v) is 2.76. The Labute approximate surface area is 111 Å². The average Bonchev–Trinajstić information content (AvgIpc) is 2.43. The number of pyridine rings is 1. The number of hydrogen-bond donors (Lipinski definition) is 1. The molecule has 0 saturated heterocycles. The topological polar surface area (TPSA) is 54.6 Å². The van der Waals surface area contributed by atoms with Gasteiger partial charge in [0, 0.05) is 12.6 Å². The van der Waals surface area contributed by atoms with Crippen LogP contribution in [0, 0.1) is 0 Å². The maximum absolute atomic E-state index is 11.7. The van der Waals surface area contributed by atoms with Crippen LogP contribution < -0.4 is 5.49 Å². The number of nitrogens with zero attached hydrogens (tertiary/aromatic N) is 2. The summed E-state index contributed by atoms with van der Waals surface area (Å²) in [6.45, 7) is 0. The zero-order valence-electron chi connectivity index (χ0n) is 10.6. The summed E-state index contributed by atoms with van der Waals surface area (Å²) in [5, 5.41) is 9.43. The SMILES string of the molecule is O=C(CCCc1ccccc1)N=c1ccccn1O. The Morgan fingerprint density at radius 3 is 2.58 bits per heavy atom. The van der Waals surface area contributed by atoms with Crippen LogP contribution in [0.5, 0.6) is 0 Å². The molecule has 0 unspecified atom stereocenters. The van der Waals surface area contributed by atoms with Crippen molar-refractivity contribution < 1.29 is 10.0 Å². The average molecular weight is 256 g/mol. The van der Waals surface area contributed by atoms with Gasteiger partial charge in [-0.05, 0) is 30.5 Å². The first-order chi connectivity index (χ1) is 9.25. The van der Waals surface area contributed by atoms with Crippen LogP contribution in [0.2, 0.25) is 0 Å². The number of rotatable bonds is 4. The Morgan fingerprint density at radius 1 is 1.11 bits per heavy atom. The van der Waals surface area contributed by atoms with Crippen LogP contribution in [0.3, 0.4) is 0 Å². The van der Waals surface area contributed by atoms with E-state index in [-0.39, 0.29) is 11.4 Å². The molecule has 98 valence electrons. The van der Waals surface area contributed by atoms with Gasteiger partial charge in [-0.1, -0.05) is 36.4 Å². The van der Waals surface area contributed by atoms with Crippen molar-refractivity contribution in [1.82, 2.24) is 4.73 Å². The van der Waals surface area contributed by atoms with Crippen LogP contribution in [0.4, 0.5) is 0 Å². The van der Waals surface area contributed by atoms with Crippen molar-refractivity contribution in [3.8, 4) is 0 Å². The number of carbonyl (C=O) groups is 1. The number of aryl methyl sites for hydroxylation is 1. The van der Waals surface area contributed by atoms with Crippen molar-refractivity contribution in [2.75, 3.05) is 0 Å². The van der Waals surface area contributed by atoms with Gasteiger partial charge in [0.25, 0.3) is 0 Å². The zero-order chi connectivity index (χ0) is 13.5. The molecule has 2 aromatic rings. The number of amides is 1. The van der Waals surface area contributed by atoms with E-state index in [1.807, 2.05) is 30.3 Å². The summed E-state index contributed by atoms with van der Waals surface area (Å²) < 4.78 is 0.842. The molecule has 0 aliphatic heterocycles. The first kappa shape index (κ1) is 13.1. The Morgan fingerprint density at radius 2 is 1.84 bits per heavy atom. The number of hydrogen-bond acceptors (Lipinski definition) is 2. The van der Waals surface area contributed by atoms with E-state index in [1.54, 1.807) is 18.2 Å². The summed E-state index contributed by atoms with van der Waals surface area (Å²) in [5.41, 5.74) is 1.47. The van der Waals surface area contributed by atoms with Gasteiger partial charge in [0.1, 0.15) is 0 Å². The van der Waals surface area contributed by atoms with Crippen LogP contribution in [-0.2, 0) is 11.2 Å². The molecule has 0 bridgehead atoms. The molecule has 1 aromatic heterocycles.